The molecule has 4 heteroatoms. The minimum Gasteiger partial charge on any atom is -0.494 e. The Morgan fingerprint density at radius 2 is 1.88 bits per heavy atom. The predicted molar refractivity (Wildman–Crippen MR) is 105 cm³/mol. The van der Waals surface area contributed by atoms with Gasteiger partial charge in [-0.05, 0) is 35.9 Å². The normalized spacial score (nSPS) is 10.5. The van der Waals surface area contributed by atoms with Crippen molar-refractivity contribution in [2.45, 2.75) is 6.54 Å². The highest BCUT2D eigenvalue weighted by molar-refractivity contribution is 6.36. The maximum atomic E-state index is 10.5. The number of hydrogen-bond acceptors (Lipinski definition) is 2. The van der Waals surface area contributed by atoms with Crippen molar-refractivity contribution in [3.8, 4) is 28.8 Å². The summed E-state index contributed by atoms with van der Waals surface area (Å²) in [7, 11) is 0. The lowest BCUT2D eigenvalue weighted by molar-refractivity contribution is 0.433. The van der Waals surface area contributed by atoms with Gasteiger partial charge in [-0.25, -0.2) is 0 Å². The van der Waals surface area contributed by atoms with E-state index in [1.807, 2.05) is 60.8 Å². The molecule has 0 aliphatic heterocycles. The molecule has 0 spiro atoms. The minimum absolute atomic E-state index is 0.130. The van der Waals surface area contributed by atoms with Gasteiger partial charge in [0.2, 0.25) is 5.88 Å². The molecule has 126 valence electrons. The van der Waals surface area contributed by atoms with Gasteiger partial charge in [0.05, 0.1) is 17.0 Å². The zero-order chi connectivity index (χ0) is 17.9. The van der Waals surface area contributed by atoms with Gasteiger partial charge >= 0.3 is 0 Å². The van der Waals surface area contributed by atoms with E-state index in [1.54, 1.807) is 17.0 Å². The Morgan fingerprint density at radius 3 is 2.65 bits per heavy atom. The topological polar surface area (TPSA) is 38.1 Å². The van der Waals surface area contributed by atoms with E-state index in [4.69, 9.17) is 11.6 Å². The Bertz CT molecular complexity index is 1120. The Labute approximate surface area is 156 Å². The first-order valence-corrected chi connectivity index (χ1v) is 8.56. The summed E-state index contributed by atoms with van der Waals surface area (Å²) in [5, 5.41) is 12.5. The second-order valence-electron chi connectivity index (χ2n) is 5.91. The molecule has 26 heavy (non-hydrogen) atoms. The molecule has 0 aliphatic rings. The highest BCUT2D eigenvalue weighted by atomic mass is 35.5. The van der Waals surface area contributed by atoms with Crippen LogP contribution in [-0.4, -0.2) is 14.7 Å². The number of benzene rings is 2. The Kier molecular flexibility index (Phi) is 4.35. The fourth-order valence-corrected chi connectivity index (χ4v) is 3.22. The molecule has 0 saturated heterocycles. The molecule has 4 rings (SSSR count). The number of aromatic nitrogens is 2. The van der Waals surface area contributed by atoms with Crippen LogP contribution in [0.1, 0.15) is 5.56 Å². The summed E-state index contributed by atoms with van der Waals surface area (Å²) in [6, 6.07) is 17.5. The first-order valence-electron chi connectivity index (χ1n) is 8.18. The molecule has 2 aromatic heterocycles. The van der Waals surface area contributed by atoms with E-state index in [2.05, 4.69) is 16.8 Å². The summed E-state index contributed by atoms with van der Waals surface area (Å²) >= 11 is 6.43. The molecule has 0 bridgehead atoms. The van der Waals surface area contributed by atoms with Gasteiger partial charge in [-0.3, -0.25) is 4.98 Å². The van der Waals surface area contributed by atoms with Crippen molar-refractivity contribution in [2.24, 2.45) is 0 Å². The van der Waals surface area contributed by atoms with Crippen LogP contribution >= 0.6 is 11.6 Å². The SMILES string of the molecule is Oc1c2c(Cl)cc(-c3cccnc3)cc2cn1CC#Cc1ccccc1. The van der Waals surface area contributed by atoms with Crippen LogP contribution in [0.15, 0.2) is 73.2 Å². The number of halogens is 1. The zero-order valence-corrected chi connectivity index (χ0v) is 14.6. The summed E-state index contributed by atoms with van der Waals surface area (Å²) < 4.78 is 1.71. The third kappa shape index (κ3) is 3.15. The molecule has 2 heterocycles. The Morgan fingerprint density at radius 1 is 1.04 bits per heavy atom. The standard InChI is InChI=1S/C22H15ClN2O/c23-20-13-18(17-9-4-10-24-14-17)12-19-15-25(22(26)21(19)20)11-5-8-16-6-2-1-3-7-16/h1-4,6-7,9-10,12-15,26H,11H2. The lowest BCUT2D eigenvalue weighted by Crippen LogP contribution is -1.91. The number of hydrogen-bond donors (Lipinski definition) is 1. The van der Waals surface area contributed by atoms with E-state index in [0.717, 1.165) is 22.1 Å². The van der Waals surface area contributed by atoms with Crippen LogP contribution in [0.4, 0.5) is 0 Å². The third-order valence-electron chi connectivity index (χ3n) is 4.16. The third-order valence-corrected chi connectivity index (χ3v) is 4.46. The molecule has 0 amide bonds. The maximum Gasteiger partial charge on any atom is 0.201 e. The van der Waals surface area contributed by atoms with Crippen molar-refractivity contribution in [3.05, 3.63) is 83.8 Å². The molecule has 1 N–H and O–H groups in total. The van der Waals surface area contributed by atoms with E-state index in [9.17, 15) is 5.11 Å². The minimum atomic E-state index is 0.130. The molecule has 0 saturated carbocycles. The van der Waals surface area contributed by atoms with Crippen molar-refractivity contribution < 1.29 is 5.11 Å². The van der Waals surface area contributed by atoms with Gasteiger partial charge in [0.25, 0.3) is 0 Å². The largest absolute Gasteiger partial charge is 0.494 e. The fourth-order valence-electron chi connectivity index (χ4n) is 2.91. The quantitative estimate of drug-likeness (QED) is 0.505. The highest BCUT2D eigenvalue weighted by Gasteiger charge is 2.13. The van der Waals surface area contributed by atoms with Gasteiger partial charge in [-0.15, -0.1) is 0 Å². The van der Waals surface area contributed by atoms with Gasteiger partial charge in [0.15, 0.2) is 0 Å². The van der Waals surface area contributed by atoms with E-state index in [1.165, 1.54) is 0 Å². The van der Waals surface area contributed by atoms with Crippen molar-refractivity contribution >= 4 is 22.4 Å². The van der Waals surface area contributed by atoms with Crippen LogP contribution in [0.5, 0.6) is 5.88 Å². The summed E-state index contributed by atoms with van der Waals surface area (Å²) in [4.78, 5) is 4.15. The smallest absolute Gasteiger partial charge is 0.201 e. The van der Waals surface area contributed by atoms with Gasteiger partial charge in [-0.1, -0.05) is 47.7 Å². The van der Waals surface area contributed by atoms with Crippen LogP contribution in [0.3, 0.4) is 0 Å². The molecule has 0 unspecified atom stereocenters. The lowest BCUT2D eigenvalue weighted by Gasteiger charge is -2.03. The fraction of sp³-hybridized carbons (Fsp3) is 0.0455. The number of fused-ring (bicyclic) bond motifs is 1. The second kappa shape index (κ2) is 6.95. The van der Waals surface area contributed by atoms with Gasteiger partial charge < -0.3 is 9.67 Å². The summed E-state index contributed by atoms with van der Waals surface area (Å²) in [6.07, 6.45) is 5.40. The first-order chi connectivity index (χ1) is 12.7. The van der Waals surface area contributed by atoms with Crippen molar-refractivity contribution in [1.82, 2.24) is 9.55 Å². The Balaban J connectivity index is 1.70. The summed E-state index contributed by atoms with van der Waals surface area (Å²) in [5.74, 6) is 6.31. The van der Waals surface area contributed by atoms with Crippen molar-refractivity contribution in [1.29, 1.82) is 0 Å². The zero-order valence-electron chi connectivity index (χ0n) is 13.9. The predicted octanol–water partition coefficient (Wildman–Crippen LogP) is 5.11. The molecule has 3 nitrogen and oxygen atoms in total. The van der Waals surface area contributed by atoms with Crippen molar-refractivity contribution in [3.63, 3.8) is 0 Å². The number of pyridine rings is 1. The number of rotatable bonds is 2. The highest BCUT2D eigenvalue weighted by Crippen LogP contribution is 2.37. The molecule has 0 atom stereocenters. The molecular weight excluding hydrogens is 344 g/mol. The van der Waals surface area contributed by atoms with Crippen molar-refractivity contribution in [2.75, 3.05) is 0 Å². The molecule has 0 fully saturated rings. The molecule has 4 aromatic rings. The summed E-state index contributed by atoms with van der Waals surface area (Å²) in [6.45, 7) is 0.383. The van der Waals surface area contributed by atoms with Crippen LogP contribution < -0.4 is 0 Å². The van der Waals surface area contributed by atoms with E-state index in [-0.39, 0.29) is 5.88 Å². The van der Waals surface area contributed by atoms with Crippen LogP contribution in [0.2, 0.25) is 5.02 Å². The average Bonchev–Trinajstić information content (AvgIpc) is 2.99. The lowest BCUT2D eigenvalue weighted by atomic mass is 10.1. The van der Waals surface area contributed by atoms with Crippen LogP contribution in [-0.2, 0) is 6.54 Å². The van der Waals surface area contributed by atoms with Gasteiger partial charge in [0, 0.05) is 35.1 Å². The number of aromatic hydroxyl groups is 1. The first kappa shape index (κ1) is 16.3. The van der Waals surface area contributed by atoms with Crippen LogP contribution in [0, 0.1) is 11.8 Å². The molecule has 0 radical (unpaired) electrons. The molecule has 0 aliphatic carbocycles. The molecule has 2 aromatic carbocycles. The number of nitrogens with zero attached hydrogens (tertiary/aromatic N) is 2. The van der Waals surface area contributed by atoms with E-state index in [0.29, 0.717) is 17.0 Å². The van der Waals surface area contributed by atoms with Gasteiger partial charge in [0.1, 0.15) is 0 Å². The maximum absolute atomic E-state index is 10.5. The monoisotopic (exact) mass is 358 g/mol. The Hall–Kier alpha value is -3.22. The van der Waals surface area contributed by atoms with Gasteiger partial charge in [-0.2, -0.15) is 0 Å². The average molecular weight is 359 g/mol. The van der Waals surface area contributed by atoms with Crippen LogP contribution in [0.25, 0.3) is 21.9 Å². The second-order valence-corrected chi connectivity index (χ2v) is 6.32. The van der Waals surface area contributed by atoms with E-state index >= 15 is 0 Å². The summed E-state index contributed by atoms with van der Waals surface area (Å²) in [5.41, 5.74) is 2.89. The molecular formula is C22H15ClN2O. The van der Waals surface area contributed by atoms with E-state index < -0.39 is 0 Å².